The maximum atomic E-state index is 13.2. The van der Waals surface area contributed by atoms with Gasteiger partial charge in [0.05, 0.1) is 6.04 Å². The zero-order valence-corrected chi connectivity index (χ0v) is 18.5. The van der Waals surface area contributed by atoms with E-state index in [4.69, 9.17) is 26.8 Å². The lowest BCUT2D eigenvalue weighted by molar-refractivity contribution is -0.120. The fourth-order valence-electron chi connectivity index (χ4n) is 3.83. The summed E-state index contributed by atoms with van der Waals surface area (Å²) in [5, 5.41) is 0.377. The summed E-state index contributed by atoms with van der Waals surface area (Å²) < 4.78 is 9.94. The SMILES string of the molecule is C=CCOC(=O)Oc1cc(C)c(C[C@@H](N)C(=O)N2CC(C)Cc3ccccc32)c(Cl)c1. The van der Waals surface area contributed by atoms with Crippen molar-refractivity contribution in [1.29, 1.82) is 0 Å². The standard InChI is InChI=1S/C24H27ClN2O4/c1-4-9-30-24(29)31-18-11-16(3)19(20(25)12-18)13-21(26)23(28)27-14-15(2)10-17-7-5-6-8-22(17)27/h4-8,11-12,15,21H,1,9-10,13-14,26H2,2-3H3/t15?,21-/m1/s1. The first kappa shape index (κ1) is 22.8. The van der Waals surface area contributed by atoms with E-state index >= 15 is 0 Å². The maximum absolute atomic E-state index is 13.2. The fourth-order valence-corrected chi connectivity index (χ4v) is 4.16. The lowest BCUT2D eigenvalue weighted by Gasteiger charge is -2.34. The first-order chi connectivity index (χ1) is 14.8. The summed E-state index contributed by atoms with van der Waals surface area (Å²) in [6.45, 7) is 8.12. The maximum Gasteiger partial charge on any atom is 0.514 e. The highest BCUT2D eigenvalue weighted by Gasteiger charge is 2.30. The van der Waals surface area contributed by atoms with Gasteiger partial charge in [-0.2, -0.15) is 0 Å². The van der Waals surface area contributed by atoms with Crippen molar-refractivity contribution < 1.29 is 19.1 Å². The van der Waals surface area contributed by atoms with Crippen LogP contribution in [0.25, 0.3) is 0 Å². The van der Waals surface area contributed by atoms with Crippen molar-refractivity contribution in [3.8, 4) is 5.75 Å². The molecule has 31 heavy (non-hydrogen) atoms. The monoisotopic (exact) mass is 442 g/mol. The van der Waals surface area contributed by atoms with Crippen LogP contribution in [0, 0.1) is 12.8 Å². The average molecular weight is 443 g/mol. The van der Waals surface area contributed by atoms with Gasteiger partial charge in [-0.25, -0.2) is 4.79 Å². The van der Waals surface area contributed by atoms with E-state index < -0.39 is 12.2 Å². The lowest BCUT2D eigenvalue weighted by atomic mass is 9.92. The number of fused-ring (bicyclic) bond motifs is 1. The minimum Gasteiger partial charge on any atom is -0.430 e. The molecule has 0 saturated heterocycles. The number of para-hydroxylation sites is 1. The molecule has 2 aromatic rings. The molecule has 2 aromatic carbocycles. The van der Waals surface area contributed by atoms with E-state index in [1.165, 1.54) is 12.1 Å². The van der Waals surface area contributed by atoms with Crippen LogP contribution < -0.4 is 15.4 Å². The van der Waals surface area contributed by atoms with E-state index in [1.54, 1.807) is 11.0 Å². The molecule has 164 valence electrons. The van der Waals surface area contributed by atoms with Gasteiger partial charge in [0.1, 0.15) is 12.4 Å². The molecule has 1 aliphatic heterocycles. The van der Waals surface area contributed by atoms with Gasteiger partial charge in [-0.05, 0) is 60.6 Å². The minimum absolute atomic E-state index is 0.0544. The molecule has 1 aliphatic rings. The van der Waals surface area contributed by atoms with Crippen molar-refractivity contribution in [2.45, 2.75) is 32.7 Å². The van der Waals surface area contributed by atoms with Crippen LogP contribution in [-0.4, -0.2) is 31.3 Å². The Labute approximate surface area is 187 Å². The van der Waals surface area contributed by atoms with Crippen LogP contribution >= 0.6 is 11.6 Å². The topological polar surface area (TPSA) is 81.9 Å². The number of hydrogen-bond acceptors (Lipinski definition) is 5. The van der Waals surface area contributed by atoms with Crippen molar-refractivity contribution in [2.24, 2.45) is 11.7 Å². The van der Waals surface area contributed by atoms with Crippen LogP contribution in [0.4, 0.5) is 10.5 Å². The van der Waals surface area contributed by atoms with Gasteiger partial charge in [0.25, 0.3) is 0 Å². The predicted octanol–water partition coefficient (Wildman–Crippen LogP) is 4.45. The van der Waals surface area contributed by atoms with Crippen molar-refractivity contribution in [3.05, 3.63) is 70.8 Å². The highest BCUT2D eigenvalue weighted by Crippen LogP contribution is 2.31. The molecule has 0 aromatic heterocycles. The molecule has 0 aliphatic carbocycles. The zero-order chi connectivity index (χ0) is 22.5. The van der Waals surface area contributed by atoms with E-state index in [0.717, 1.165) is 28.8 Å². The third kappa shape index (κ3) is 5.46. The molecule has 2 N–H and O–H groups in total. The summed E-state index contributed by atoms with van der Waals surface area (Å²) in [5.74, 6) is 0.482. The van der Waals surface area contributed by atoms with Gasteiger partial charge >= 0.3 is 6.16 Å². The highest BCUT2D eigenvalue weighted by molar-refractivity contribution is 6.31. The summed E-state index contributed by atoms with van der Waals surface area (Å²) in [6.07, 6.45) is 1.82. The van der Waals surface area contributed by atoms with Crippen LogP contribution in [0.2, 0.25) is 5.02 Å². The second-order valence-corrected chi connectivity index (χ2v) is 8.26. The molecular formula is C24H27ClN2O4. The molecule has 1 heterocycles. The second-order valence-electron chi connectivity index (χ2n) is 7.85. The van der Waals surface area contributed by atoms with Gasteiger partial charge in [-0.1, -0.05) is 49.4 Å². The summed E-state index contributed by atoms with van der Waals surface area (Å²) >= 11 is 6.43. The Kier molecular flexibility index (Phi) is 7.36. The number of aryl methyl sites for hydroxylation is 1. The third-order valence-electron chi connectivity index (χ3n) is 5.26. The molecule has 0 fully saturated rings. The van der Waals surface area contributed by atoms with Crippen LogP contribution in [0.15, 0.2) is 49.1 Å². The molecule has 0 saturated carbocycles. The van der Waals surface area contributed by atoms with E-state index in [2.05, 4.69) is 19.6 Å². The molecular weight excluding hydrogens is 416 g/mol. The van der Waals surface area contributed by atoms with Gasteiger partial charge in [0.2, 0.25) is 5.91 Å². The van der Waals surface area contributed by atoms with Crippen LogP contribution in [-0.2, 0) is 22.4 Å². The molecule has 3 rings (SSSR count). The van der Waals surface area contributed by atoms with Gasteiger partial charge in [-0.3, -0.25) is 4.79 Å². The Bertz CT molecular complexity index is 968. The Morgan fingerprint density at radius 3 is 2.81 bits per heavy atom. The Morgan fingerprint density at radius 1 is 1.35 bits per heavy atom. The Hall–Kier alpha value is -2.83. The largest absolute Gasteiger partial charge is 0.514 e. The van der Waals surface area contributed by atoms with Crippen LogP contribution in [0.1, 0.15) is 23.6 Å². The molecule has 1 amide bonds. The molecule has 0 radical (unpaired) electrons. The number of hydrogen-bond donors (Lipinski definition) is 1. The van der Waals surface area contributed by atoms with Gasteiger partial charge in [-0.15, -0.1) is 0 Å². The van der Waals surface area contributed by atoms with Crippen molar-refractivity contribution >= 4 is 29.4 Å². The molecule has 6 nitrogen and oxygen atoms in total. The summed E-state index contributed by atoms with van der Waals surface area (Å²) in [6, 6.07) is 10.4. The number of anilines is 1. The van der Waals surface area contributed by atoms with Crippen molar-refractivity contribution in [1.82, 2.24) is 0 Å². The summed E-state index contributed by atoms with van der Waals surface area (Å²) in [5.41, 5.74) is 9.92. The van der Waals surface area contributed by atoms with Crippen LogP contribution in [0.3, 0.4) is 0 Å². The van der Waals surface area contributed by atoms with Gasteiger partial charge in [0, 0.05) is 17.3 Å². The summed E-state index contributed by atoms with van der Waals surface area (Å²) in [7, 11) is 0. The quantitative estimate of drug-likeness (QED) is 0.406. The second kappa shape index (κ2) is 9.98. The number of rotatable bonds is 6. The normalized spacial score (nSPS) is 16.3. The number of carbonyl (C=O) groups excluding carboxylic acids is 2. The predicted molar refractivity (Wildman–Crippen MR) is 122 cm³/mol. The number of halogens is 1. The van der Waals surface area contributed by atoms with Crippen molar-refractivity contribution in [2.75, 3.05) is 18.1 Å². The van der Waals surface area contributed by atoms with E-state index in [0.29, 0.717) is 17.5 Å². The smallest absolute Gasteiger partial charge is 0.430 e. The van der Waals surface area contributed by atoms with Gasteiger partial charge < -0.3 is 20.1 Å². The minimum atomic E-state index is -0.840. The molecule has 0 bridgehead atoms. The summed E-state index contributed by atoms with van der Waals surface area (Å²) in [4.78, 5) is 26.6. The van der Waals surface area contributed by atoms with E-state index in [1.807, 2.05) is 25.1 Å². The van der Waals surface area contributed by atoms with E-state index in [9.17, 15) is 9.59 Å². The molecule has 7 heteroatoms. The molecule has 0 spiro atoms. The first-order valence-corrected chi connectivity index (χ1v) is 10.6. The first-order valence-electron chi connectivity index (χ1n) is 10.2. The number of ether oxygens (including phenoxy) is 2. The van der Waals surface area contributed by atoms with Crippen LogP contribution in [0.5, 0.6) is 5.75 Å². The third-order valence-corrected chi connectivity index (χ3v) is 5.60. The van der Waals surface area contributed by atoms with E-state index in [-0.39, 0.29) is 24.7 Å². The zero-order valence-electron chi connectivity index (χ0n) is 17.8. The lowest BCUT2D eigenvalue weighted by Crippen LogP contribution is -2.48. The van der Waals surface area contributed by atoms with Crippen molar-refractivity contribution in [3.63, 3.8) is 0 Å². The Morgan fingerprint density at radius 2 is 2.10 bits per heavy atom. The highest BCUT2D eigenvalue weighted by atomic mass is 35.5. The number of amides is 1. The number of nitrogens with two attached hydrogens (primary N) is 1. The number of nitrogens with zero attached hydrogens (tertiary/aromatic N) is 1. The number of carbonyl (C=O) groups is 2. The Balaban J connectivity index is 1.74. The fraction of sp³-hybridized carbons (Fsp3) is 0.333. The number of benzene rings is 2. The van der Waals surface area contributed by atoms with Gasteiger partial charge in [0.15, 0.2) is 0 Å². The molecule has 2 atom stereocenters. The molecule has 1 unspecified atom stereocenters. The average Bonchev–Trinajstić information content (AvgIpc) is 2.73.